The van der Waals surface area contributed by atoms with Crippen molar-refractivity contribution in [3.8, 4) is 0 Å². The van der Waals surface area contributed by atoms with Gasteiger partial charge in [0.05, 0.1) is 0 Å². The largest absolute Gasteiger partial charge is 0.423 e. The molecular formula is C9H6INO2. The normalized spacial score (nSPS) is 10.5. The van der Waals surface area contributed by atoms with Gasteiger partial charge in [0.2, 0.25) is 0 Å². The first kappa shape index (κ1) is 8.55. The van der Waals surface area contributed by atoms with E-state index in [1.807, 2.05) is 0 Å². The van der Waals surface area contributed by atoms with E-state index in [9.17, 15) is 4.79 Å². The second-order valence-corrected chi connectivity index (χ2v) is 3.71. The topological polar surface area (TPSA) is 56.2 Å². The third kappa shape index (κ3) is 1.41. The number of hydrogen-bond acceptors (Lipinski definition) is 3. The van der Waals surface area contributed by atoms with Crippen LogP contribution < -0.4 is 11.4 Å². The summed E-state index contributed by atoms with van der Waals surface area (Å²) in [6.07, 6.45) is 0. The van der Waals surface area contributed by atoms with Crippen molar-refractivity contribution in [1.82, 2.24) is 0 Å². The molecule has 0 aliphatic heterocycles. The van der Waals surface area contributed by atoms with E-state index in [1.165, 1.54) is 6.07 Å². The molecule has 0 aliphatic rings. The highest BCUT2D eigenvalue weighted by Crippen LogP contribution is 2.24. The Kier molecular flexibility index (Phi) is 1.99. The van der Waals surface area contributed by atoms with Crippen LogP contribution in [0.3, 0.4) is 0 Å². The third-order valence-electron chi connectivity index (χ3n) is 1.77. The van der Waals surface area contributed by atoms with Gasteiger partial charge in [-0.1, -0.05) is 0 Å². The molecule has 0 unspecified atom stereocenters. The Balaban J connectivity index is 2.95. The molecule has 66 valence electrons. The lowest BCUT2D eigenvalue weighted by Gasteiger charge is -2.01. The lowest BCUT2D eigenvalue weighted by molar-refractivity contribution is 0.561. The molecule has 1 aromatic carbocycles. The summed E-state index contributed by atoms with van der Waals surface area (Å²) in [6, 6.07) is 6.55. The first-order chi connectivity index (χ1) is 6.18. The van der Waals surface area contributed by atoms with Crippen LogP contribution in [0.15, 0.2) is 33.5 Å². The van der Waals surface area contributed by atoms with E-state index in [1.54, 1.807) is 18.2 Å². The smallest absolute Gasteiger partial charge is 0.336 e. The molecule has 0 atom stereocenters. The summed E-state index contributed by atoms with van der Waals surface area (Å²) in [5.41, 5.74) is 6.63. The van der Waals surface area contributed by atoms with Crippen molar-refractivity contribution in [3.63, 3.8) is 0 Å². The van der Waals surface area contributed by atoms with Gasteiger partial charge in [0, 0.05) is 20.7 Å². The Morgan fingerprint density at radius 1 is 1.23 bits per heavy atom. The zero-order chi connectivity index (χ0) is 9.42. The van der Waals surface area contributed by atoms with Crippen molar-refractivity contribution in [2.24, 2.45) is 0 Å². The van der Waals surface area contributed by atoms with Gasteiger partial charge in [-0.25, -0.2) is 4.79 Å². The maximum atomic E-state index is 10.9. The molecule has 0 saturated carbocycles. The summed E-state index contributed by atoms with van der Waals surface area (Å²) in [5.74, 6) is 0. The summed E-state index contributed by atoms with van der Waals surface area (Å²) in [4.78, 5) is 10.9. The van der Waals surface area contributed by atoms with Gasteiger partial charge in [-0.2, -0.15) is 0 Å². The Morgan fingerprint density at radius 3 is 2.77 bits per heavy atom. The first-order valence-corrected chi connectivity index (χ1v) is 4.74. The van der Waals surface area contributed by atoms with E-state index in [2.05, 4.69) is 22.6 Å². The minimum absolute atomic E-state index is 0.340. The molecule has 1 aromatic heterocycles. The van der Waals surface area contributed by atoms with Gasteiger partial charge in [-0.3, -0.25) is 0 Å². The van der Waals surface area contributed by atoms with Gasteiger partial charge in [-0.05, 0) is 40.8 Å². The Labute approximate surface area is 87.7 Å². The van der Waals surface area contributed by atoms with Crippen molar-refractivity contribution >= 4 is 39.2 Å². The number of anilines is 1. The van der Waals surface area contributed by atoms with E-state index in [-0.39, 0.29) is 5.63 Å². The summed E-state index contributed by atoms with van der Waals surface area (Å²) in [6.45, 7) is 0. The number of halogens is 1. The van der Waals surface area contributed by atoms with Gasteiger partial charge in [-0.15, -0.1) is 0 Å². The van der Waals surface area contributed by atoms with Crippen LogP contribution in [0, 0.1) is 3.57 Å². The number of nitrogen functional groups attached to an aromatic ring is 1. The van der Waals surface area contributed by atoms with Crippen LogP contribution in [0.2, 0.25) is 0 Å². The molecule has 2 N–H and O–H groups in total. The number of rotatable bonds is 0. The molecule has 2 rings (SSSR count). The molecule has 0 fully saturated rings. The molecule has 13 heavy (non-hydrogen) atoms. The van der Waals surface area contributed by atoms with E-state index in [4.69, 9.17) is 10.2 Å². The molecule has 4 heteroatoms. The molecule has 0 saturated heterocycles. The van der Waals surface area contributed by atoms with Gasteiger partial charge in [0.1, 0.15) is 5.58 Å². The predicted octanol–water partition coefficient (Wildman–Crippen LogP) is 1.98. The highest BCUT2D eigenvalue weighted by atomic mass is 127. The number of nitrogens with two attached hydrogens (primary N) is 1. The zero-order valence-electron chi connectivity index (χ0n) is 6.58. The fourth-order valence-corrected chi connectivity index (χ4v) is 1.76. The van der Waals surface area contributed by atoms with Crippen molar-refractivity contribution in [2.75, 3.05) is 5.73 Å². The first-order valence-electron chi connectivity index (χ1n) is 3.66. The second-order valence-electron chi connectivity index (χ2n) is 2.64. The molecule has 3 nitrogen and oxygen atoms in total. The minimum atomic E-state index is -0.340. The van der Waals surface area contributed by atoms with E-state index < -0.39 is 0 Å². The molecule has 0 radical (unpaired) electrons. The average molecular weight is 287 g/mol. The van der Waals surface area contributed by atoms with E-state index >= 15 is 0 Å². The van der Waals surface area contributed by atoms with Gasteiger partial charge in [0.15, 0.2) is 0 Å². The molecular weight excluding hydrogens is 281 g/mol. The van der Waals surface area contributed by atoms with Gasteiger partial charge >= 0.3 is 5.63 Å². The number of benzene rings is 1. The standard InChI is InChI=1S/C9H6INO2/c10-9-5-1-4-8(12)13-7(5)3-2-6(9)11/h1-4H,11H2. The summed E-state index contributed by atoms with van der Waals surface area (Å²) in [7, 11) is 0. The fraction of sp³-hybridized carbons (Fsp3) is 0. The van der Waals surface area contributed by atoms with Crippen LogP contribution in [-0.4, -0.2) is 0 Å². The van der Waals surface area contributed by atoms with E-state index in [0.717, 1.165) is 8.96 Å². The van der Waals surface area contributed by atoms with Crippen LogP contribution in [0.25, 0.3) is 11.0 Å². The lowest BCUT2D eigenvalue weighted by Crippen LogP contribution is -1.96. The second kappa shape index (κ2) is 3.02. The lowest BCUT2D eigenvalue weighted by atomic mass is 10.2. The fourth-order valence-electron chi connectivity index (χ4n) is 1.13. The van der Waals surface area contributed by atoms with Crippen LogP contribution in [0.4, 0.5) is 5.69 Å². The quantitative estimate of drug-likeness (QED) is 0.458. The predicted molar refractivity (Wildman–Crippen MR) is 59.6 cm³/mol. The van der Waals surface area contributed by atoms with Crippen LogP contribution in [0.1, 0.15) is 0 Å². The van der Waals surface area contributed by atoms with Crippen LogP contribution >= 0.6 is 22.6 Å². The molecule has 1 heterocycles. The third-order valence-corrected chi connectivity index (χ3v) is 2.97. The SMILES string of the molecule is Nc1ccc2oc(=O)ccc2c1I. The molecule has 0 amide bonds. The number of hydrogen-bond donors (Lipinski definition) is 1. The monoisotopic (exact) mass is 287 g/mol. The highest BCUT2D eigenvalue weighted by Gasteiger charge is 2.03. The summed E-state index contributed by atoms with van der Waals surface area (Å²) >= 11 is 2.13. The maximum absolute atomic E-state index is 10.9. The van der Waals surface area contributed by atoms with Crippen LogP contribution in [0.5, 0.6) is 0 Å². The minimum Gasteiger partial charge on any atom is -0.423 e. The van der Waals surface area contributed by atoms with Crippen molar-refractivity contribution < 1.29 is 4.42 Å². The van der Waals surface area contributed by atoms with Crippen molar-refractivity contribution in [3.05, 3.63) is 38.3 Å². The zero-order valence-corrected chi connectivity index (χ0v) is 8.74. The van der Waals surface area contributed by atoms with Gasteiger partial charge < -0.3 is 10.2 Å². The van der Waals surface area contributed by atoms with Crippen molar-refractivity contribution in [1.29, 1.82) is 0 Å². The Morgan fingerprint density at radius 2 is 2.00 bits per heavy atom. The van der Waals surface area contributed by atoms with Crippen LogP contribution in [-0.2, 0) is 0 Å². The Hall–Kier alpha value is -1.04. The van der Waals surface area contributed by atoms with Gasteiger partial charge in [0.25, 0.3) is 0 Å². The number of fused-ring (bicyclic) bond motifs is 1. The molecule has 2 aromatic rings. The maximum Gasteiger partial charge on any atom is 0.336 e. The highest BCUT2D eigenvalue weighted by molar-refractivity contribution is 14.1. The van der Waals surface area contributed by atoms with E-state index in [0.29, 0.717) is 11.3 Å². The molecule has 0 bridgehead atoms. The van der Waals surface area contributed by atoms with Crippen molar-refractivity contribution in [2.45, 2.75) is 0 Å². The average Bonchev–Trinajstić information content (AvgIpc) is 2.12. The summed E-state index contributed by atoms with van der Waals surface area (Å²) in [5, 5.41) is 0.875. The Bertz CT molecular complexity index is 518. The molecule has 0 aliphatic carbocycles. The molecule has 0 spiro atoms. The summed E-state index contributed by atoms with van der Waals surface area (Å²) < 4.78 is 5.90.